The molecule has 10 heteroatoms. The Morgan fingerprint density at radius 1 is 1.07 bits per heavy atom. The van der Waals surface area contributed by atoms with Crippen molar-refractivity contribution < 1.29 is 23.7 Å². The smallest absolute Gasteiger partial charge is 0.508 e. The van der Waals surface area contributed by atoms with Crippen LogP contribution in [0.5, 0.6) is 0 Å². The Labute approximate surface area is 254 Å². The van der Waals surface area contributed by atoms with Gasteiger partial charge in [-0.15, -0.1) is 0 Å². The quantitative estimate of drug-likeness (QED) is 0.306. The van der Waals surface area contributed by atoms with Gasteiger partial charge in [-0.2, -0.15) is 0 Å². The average molecular weight is 603 g/mol. The van der Waals surface area contributed by atoms with Crippen LogP contribution < -0.4 is 5.32 Å². The standard InChI is InChI=1S/C31H41BCl2N2O5/c1-7-36-20(4)22(6)40-32(41-31(39)21(36)5)24(15-19(2)3)17-29(37)28(16-23-11-9-8-10-12-23)35-30(38)26-18-25(33)13-14-27(26)34/h8-14,18-22,24,28H,7,15-17H2,1-6H3,(H,35,38)/t20-,21-,22+,24-,28+/m1/s1. The topological polar surface area (TPSA) is 84.9 Å². The normalized spacial score (nSPS) is 21.5. The van der Waals surface area contributed by atoms with E-state index in [4.69, 9.17) is 32.5 Å². The molecule has 0 aromatic heterocycles. The van der Waals surface area contributed by atoms with Crippen LogP contribution in [0.4, 0.5) is 0 Å². The van der Waals surface area contributed by atoms with Crippen molar-refractivity contribution in [2.75, 3.05) is 6.54 Å². The minimum Gasteiger partial charge on any atom is -0.508 e. The molecular formula is C31H41BCl2N2O5. The number of nitrogens with zero attached hydrogens (tertiary/aromatic N) is 1. The van der Waals surface area contributed by atoms with E-state index in [1.54, 1.807) is 12.1 Å². The minimum atomic E-state index is -0.886. The third-order valence-electron chi connectivity index (χ3n) is 7.76. The number of rotatable bonds is 11. The Morgan fingerprint density at radius 2 is 1.76 bits per heavy atom. The molecule has 0 saturated carbocycles. The predicted molar refractivity (Wildman–Crippen MR) is 164 cm³/mol. The minimum absolute atomic E-state index is 0.0201. The fourth-order valence-electron chi connectivity index (χ4n) is 5.39. The van der Waals surface area contributed by atoms with Gasteiger partial charge in [-0.3, -0.25) is 19.3 Å². The lowest BCUT2D eigenvalue weighted by molar-refractivity contribution is -0.146. The lowest BCUT2D eigenvalue weighted by atomic mass is 9.64. The maximum atomic E-state index is 14.0. The monoisotopic (exact) mass is 602 g/mol. The maximum absolute atomic E-state index is 14.0. The Balaban J connectivity index is 1.89. The third-order valence-corrected chi connectivity index (χ3v) is 8.32. The zero-order chi connectivity index (χ0) is 30.3. The summed E-state index contributed by atoms with van der Waals surface area (Å²) in [6.45, 7) is 12.6. The highest BCUT2D eigenvalue weighted by molar-refractivity contribution is 6.49. The summed E-state index contributed by atoms with van der Waals surface area (Å²) in [4.78, 5) is 42.4. The summed E-state index contributed by atoms with van der Waals surface area (Å²) >= 11 is 12.4. The molecule has 3 rings (SSSR count). The molecule has 0 aliphatic carbocycles. The number of carbonyl (C=O) groups is 3. The fourth-order valence-corrected chi connectivity index (χ4v) is 5.77. The molecule has 5 atom stereocenters. The molecule has 2 aromatic carbocycles. The number of nitrogens with one attached hydrogen (secondary N) is 1. The van der Waals surface area contributed by atoms with E-state index in [0.717, 1.165) is 5.56 Å². The SMILES string of the molecule is CCN1[C@H](C)C(=O)OB([C@@H](CC(=O)[C@H](Cc2ccccc2)NC(=O)c2cc(Cl)ccc2Cl)CC(C)C)O[C@@H](C)[C@H]1C. The molecule has 1 amide bonds. The second kappa shape index (κ2) is 15.2. The van der Waals surface area contributed by atoms with Crippen LogP contribution in [0.3, 0.4) is 0 Å². The number of likely N-dealkylation sites (N-methyl/N-ethyl adjacent to an activating group) is 1. The third kappa shape index (κ3) is 9.05. The van der Waals surface area contributed by atoms with Gasteiger partial charge in [-0.25, -0.2) is 0 Å². The van der Waals surface area contributed by atoms with Crippen molar-refractivity contribution in [3.05, 3.63) is 69.7 Å². The summed E-state index contributed by atoms with van der Waals surface area (Å²) in [6.07, 6.45) is 0.719. The first-order valence-corrected chi connectivity index (χ1v) is 15.1. The average Bonchev–Trinajstić information content (AvgIpc) is 2.93. The van der Waals surface area contributed by atoms with Crippen LogP contribution in [0, 0.1) is 5.92 Å². The lowest BCUT2D eigenvalue weighted by Crippen LogP contribution is -2.55. The summed E-state index contributed by atoms with van der Waals surface area (Å²) in [7, 11) is -0.886. The van der Waals surface area contributed by atoms with Gasteiger partial charge in [0.15, 0.2) is 5.78 Å². The molecule has 0 unspecified atom stereocenters. The van der Waals surface area contributed by atoms with Crippen LogP contribution in [0.25, 0.3) is 0 Å². The molecule has 1 N–H and O–H groups in total. The Bertz CT molecular complexity index is 1200. The highest BCUT2D eigenvalue weighted by Gasteiger charge is 2.43. The van der Waals surface area contributed by atoms with Gasteiger partial charge < -0.3 is 14.6 Å². The van der Waals surface area contributed by atoms with Crippen LogP contribution in [0.1, 0.15) is 70.3 Å². The zero-order valence-corrected chi connectivity index (χ0v) is 26.2. The fraction of sp³-hybridized carbons (Fsp3) is 0.516. The van der Waals surface area contributed by atoms with E-state index in [1.165, 1.54) is 6.07 Å². The Morgan fingerprint density at radius 3 is 2.39 bits per heavy atom. The summed E-state index contributed by atoms with van der Waals surface area (Å²) in [5, 5.41) is 3.50. The van der Waals surface area contributed by atoms with Crippen molar-refractivity contribution >= 4 is 48.0 Å². The molecule has 7 nitrogen and oxygen atoms in total. The van der Waals surface area contributed by atoms with E-state index in [-0.39, 0.29) is 46.8 Å². The number of hydrogen-bond donors (Lipinski definition) is 1. The van der Waals surface area contributed by atoms with Crippen LogP contribution >= 0.6 is 23.2 Å². The van der Waals surface area contributed by atoms with Crippen molar-refractivity contribution in [1.82, 2.24) is 10.2 Å². The summed E-state index contributed by atoms with van der Waals surface area (Å²) in [5.74, 6) is -1.23. The molecule has 0 spiro atoms. The van der Waals surface area contributed by atoms with E-state index in [1.807, 2.05) is 58.0 Å². The van der Waals surface area contributed by atoms with Crippen LogP contribution in [-0.2, 0) is 25.3 Å². The van der Waals surface area contributed by atoms with Crippen LogP contribution in [0.2, 0.25) is 15.9 Å². The lowest BCUT2D eigenvalue weighted by Gasteiger charge is -2.40. The van der Waals surface area contributed by atoms with Gasteiger partial charge in [-0.05, 0) is 69.8 Å². The largest absolute Gasteiger partial charge is 0.531 e. The molecule has 0 bridgehead atoms. The van der Waals surface area contributed by atoms with Crippen molar-refractivity contribution in [2.24, 2.45) is 5.92 Å². The highest BCUT2D eigenvalue weighted by Crippen LogP contribution is 2.31. The van der Waals surface area contributed by atoms with Gasteiger partial charge >= 0.3 is 13.1 Å². The number of carbonyl (C=O) groups excluding carboxylic acids is 3. The Hall–Kier alpha value is -2.39. The van der Waals surface area contributed by atoms with E-state index >= 15 is 0 Å². The van der Waals surface area contributed by atoms with Crippen LogP contribution in [0.15, 0.2) is 48.5 Å². The van der Waals surface area contributed by atoms with Crippen LogP contribution in [-0.4, -0.2) is 60.5 Å². The van der Waals surface area contributed by atoms with Crippen molar-refractivity contribution in [3.63, 3.8) is 0 Å². The molecule has 41 heavy (non-hydrogen) atoms. The van der Waals surface area contributed by atoms with Gasteiger partial charge in [0.25, 0.3) is 5.91 Å². The maximum Gasteiger partial charge on any atom is 0.531 e. The van der Waals surface area contributed by atoms with E-state index in [9.17, 15) is 14.4 Å². The molecule has 1 heterocycles. The van der Waals surface area contributed by atoms with E-state index in [2.05, 4.69) is 24.1 Å². The molecule has 1 aliphatic rings. The van der Waals surface area contributed by atoms with E-state index in [0.29, 0.717) is 24.4 Å². The molecule has 1 saturated heterocycles. The predicted octanol–water partition coefficient (Wildman–Crippen LogP) is 6.26. The second-order valence-electron chi connectivity index (χ2n) is 11.3. The summed E-state index contributed by atoms with van der Waals surface area (Å²) in [6, 6.07) is 12.8. The van der Waals surface area contributed by atoms with Gasteiger partial charge in [-0.1, -0.05) is 74.3 Å². The van der Waals surface area contributed by atoms with Gasteiger partial charge in [0.1, 0.15) is 6.04 Å². The number of amides is 1. The second-order valence-corrected chi connectivity index (χ2v) is 12.1. The van der Waals surface area contributed by atoms with Crippen molar-refractivity contribution in [3.8, 4) is 0 Å². The van der Waals surface area contributed by atoms with Gasteiger partial charge in [0.2, 0.25) is 0 Å². The first kappa shape index (κ1) is 33.1. The molecule has 0 radical (unpaired) electrons. The van der Waals surface area contributed by atoms with Gasteiger partial charge in [0, 0.05) is 23.3 Å². The zero-order valence-electron chi connectivity index (χ0n) is 24.7. The molecule has 1 aliphatic heterocycles. The number of benzene rings is 2. The molecule has 2 aromatic rings. The summed E-state index contributed by atoms with van der Waals surface area (Å²) in [5.41, 5.74) is 1.09. The highest BCUT2D eigenvalue weighted by atomic mass is 35.5. The number of Topliss-reactive ketones (excluding diaryl/α,β-unsaturated/α-hetero) is 1. The Kier molecular flexibility index (Phi) is 12.3. The first-order chi connectivity index (χ1) is 19.4. The molecular weight excluding hydrogens is 562 g/mol. The van der Waals surface area contributed by atoms with Gasteiger partial charge in [0.05, 0.1) is 22.7 Å². The molecule has 222 valence electrons. The van der Waals surface area contributed by atoms with Crippen molar-refractivity contribution in [1.29, 1.82) is 0 Å². The molecule has 1 fully saturated rings. The van der Waals surface area contributed by atoms with E-state index < -0.39 is 30.9 Å². The number of halogens is 2. The number of ketones is 1. The summed E-state index contributed by atoms with van der Waals surface area (Å²) < 4.78 is 12.3. The van der Waals surface area contributed by atoms with Crippen molar-refractivity contribution in [2.45, 2.75) is 90.9 Å². The number of hydrogen-bond acceptors (Lipinski definition) is 6. The first-order valence-electron chi connectivity index (χ1n) is 14.3.